The molecule has 0 unspecified atom stereocenters. The number of aromatic nitrogens is 4. The highest BCUT2D eigenvalue weighted by Crippen LogP contribution is 2.10. The normalized spacial score (nSPS) is 10.2. The van der Waals surface area contributed by atoms with Crippen LogP contribution in [0, 0.1) is 0 Å². The Bertz CT molecular complexity index is 494. The van der Waals surface area contributed by atoms with E-state index in [1.54, 1.807) is 12.4 Å². The van der Waals surface area contributed by atoms with Gasteiger partial charge in [-0.2, -0.15) is 5.10 Å². The lowest BCUT2D eigenvalue weighted by atomic mass is 10.4. The molecule has 2 aromatic rings. The Morgan fingerprint density at radius 1 is 1.40 bits per heavy atom. The minimum Gasteiger partial charge on any atom is -0.476 e. The average Bonchev–Trinajstić information content (AvgIpc) is 2.65. The van der Waals surface area contributed by atoms with E-state index >= 15 is 0 Å². The summed E-state index contributed by atoms with van der Waals surface area (Å²) in [5.74, 6) is -0.638. The van der Waals surface area contributed by atoms with Gasteiger partial charge in [-0.15, -0.1) is 10.2 Å². The van der Waals surface area contributed by atoms with Crippen molar-refractivity contribution in [3.63, 3.8) is 0 Å². The Morgan fingerprint density at radius 3 is 2.67 bits per heavy atom. The molecular weight excluding hydrogens is 264 g/mol. The van der Waals surface area contributed by atoms with Gasteiger partial charge >= 0.3 is 5.97 Å². The molecule has 0 saturated carbocycles. The van der Waals surface area contributed by atoms with E-state index in [4.69, 9.17) is 5.11 Å². The molecule has 2 heterocycles. The van der Waals surface area contributed by atoms with Crippen molar-refractivity contribution in [3.05, 3.63) is 34.7 Å². The van der Waals surface area contributed by atoms with Crippen LogP contribution in [0.2, 0.25) is 0 Å². The predicted octanol–water partition coefficient (Wildman–Crippen LogP) is 1.12. The molecule has 0 aliphatic carbocycles. The second-order valence-corrected chi connectivity index (χ2v) is 3.60. The number of carbonyl (C=O) groups is 1. The van der Waals surface area contributed by atoms with E-state index in [9.17, 15) is 4.79 Å². The van der Waals surface area contributed by atoms with Crippen molar-refractivity contribution < 1.29 is 9.90 Å². The number of hydrogen-bond donors (Lipinski definition) is 1. The summed E-state index contributed by atoms with van der Waals surface area (Å²) in [5, 5.41) is 19.9. The van der Waals surface area contributed by atoms with E-state index in [0.29, 0.717) is 5.82 Å². The van der Waals surface area contributed by atoms with E-state index in [-0.39, 0.29) is 5.69 Å². The van der Waals surface area contributed by atoms with Crippen molar-refractivity contribution in [2.75, 3.05) is 0 Å². The van der Waals surface area contributed by atoms with Gasteiger partial charge in [-0.05, 0) is 28.1 Å². The third kappa shape index (κ3) is 2.01. The van der Waals surface area contributed by atoms with Gasteiger partial charge in [0.2, 0.25) is 0 Å². The monoisotopic (exact) mass is 268 g/mol. The second-order valence-electron chi connectivity index (χ2n) is 2.69. The summed E-state index contributed by atoms with van der Waals surface area (Å²) in [6.07, 6.45) is 3.30. The first-order valence-corrected chi connectivity index (χ1v) is 4.73. The molecule has 0 aliphatic heterocycles. The third-order valence-electron chi connectivity index (χ3n) is 1.66. The summed E-state index contributed by atoms with van der Waals surface area (Å²) in [6.45, 7) is 0. The molecule has 2 aromatic heterocycles. The van der Waals surface area contributed by atoms with Crippen molar-refractivity contribution in [3.8, 4) is 5.82 Å². The van der Waals surface area contributed by atoms with Crippen molar-refractivity contribution in [1.82, 2.24) is 20.0 Å². The predicted molar refractivity (Wildman–Crippen MR) is 53.8 cm³/mol. The van der Waals surface area contributed by atoms with Gasteiger partial charge in [-0.25, -0.2) is 9.48 Å². The number of rotatable bonds is 2. The SMILES string of the molecule is O=C(O)c1ccc(-n2cc(Br)cn2)nn1. The van der Waals surface area contributed by atoms with Gasteiger partial charge < -0.3 is 5.11 Å². The van der Waals surface area contributed by atoms with Gasteiger partial charge in [0.25, 0.3) is 0 Å². The van der Waals surface area contributed by atoms with Gasteiger partial charge in [0.1, 0.15) is 0 Å². The largest absolute Gasteiger partial charge is 0.476 e. The molecule has 1 N–H and O–H groups in total. The zero-order valence-electron chi connectivity index (χ0n) is 7.33. The Hall–Kier alpha value is -1.76. The van der Waals surface area contributed by atoms with Gasteiger partial charge in [0.15, 0.2) is 11.5 Å². The molecule has 15 heavy (non-hydrogen) atoms. The number of nitrogens with zero attached hydrogens (tertiary/aromatic N) is 4. The van der Waals surface area contributed by atoms with Crippen molar-refractivity contribution in [2.45, 2.75) is 0 Å². The van der Waals surface area contributed by atoms with Crippen LogP contribution in [0.3, 0.4) is 0 Å². The van der Waals surface area contributed by atoms with Crippen molar-refractivity contribution >= 4 is 21.9 Å². The minimum absolute atomic E-state index is 0.0926. The Labute approximate surface area is 92.7 Å². The molecule has 0 atom stereocenters. The number of aromatic carboxylic acids is 1. The van der Waals surface area contributed by atoms with Gasteiger partial charge in [-0.3, -0.25) is 0 Å². The summed E-state index contributed by atoms with van der Waals surface area (Å²) in [5.41, 5.74) is -0.0926. The standard InChI is InChI=1S/C8H5BrN4O2/c9-5-3-10-13(4-5)7-2-1-6(8(14)15)11-12-7/h1-4H,(H,14,15). The van der Waals surface area contributed by atoms with Crippen LogP contribution >= 0.6 is 15.9 Å². The van der Waals surface area contributed by atoms with Crippen LogP contribution in [0.25, 0.3) is 5.82 Å². The van der Waals surface area contributed by atoms with E-state index < -0.39 is 5.97 Å². The molecule has 0 aromatic carbocycles. The van der Waals surface area contributed by atoms with E-state index in [0.717, 1.165) is 4.47 Å². The van der Waals surface area contributed by atoms with Crippen LogP contribution in [-0.4, -0.2) is 31.1 Å². The maximum atomic E-state index is 10.5. The number of halogens is 1. The molecule has 0 saturated heterocycles. The zero-order chi connectivity index (χ0) is 10.8. The van der Waals surface area contributed by atoms with Crippen molar-refractivity contribution in [1.29, 1.82) is 0 Å². The summed E-state index contributed by atoms with van der Waals surface area (Å²) in [4.78, 5) is 10.5. The quantitative estimate of drug-likeness (QED) is 0.883. The van der Waals surface area contributed by atoms with Crippen LogP contribution in [0.1, 0.15) is 10.5 Å². The lowest BCUT2D eigenvalue weighted by molar-refractivity contribution is 0.0689. The minimum atomic E-state index is -1.10. The molecule has 0 fully saturated rings. The third-order valence-corrected chi connectivity index (χ3v) is 2.06. The lowest BCUT2D eigenvalue weighted by Crippen LogP contribution is -2.05. The Kier molecular flexibility index (Phi) is 2.46. The second kappa shape index (κ2) is 3.77. The van der Waals surface area contributed by atoms with Crippen LogP contribution in [0.4, 0.5) is 0 Å². The summed E-state index contributed by atoms with van der Waals surface area (Å²) in [6, 6.07) is 2.91. The molecule has 0 aliphatic rings. The number of hydrogen-bond acceptors (Lipinski definition) is 4. The molecule has 0 bridgehead atoms. The van der Waals surface area contributed by atoms with E-state index in [2.05, 4.69) is 31.2 Å². The summed E-state index contributed by atoms with van der Waals surface area (Å²) < 4.78 is 2.30. The van der Waals surface area contributed by atoms with Gasteiger partial charge in [-0.1, -0.05) is 0 Å². The summed E-state index contributed by atoms with van der Waals surface area (Å²) in [7, 11) is 0. The molecule has 0 amide bonds. The molecule has 0 radical (unpaired) electrons. The molecule has 6 nitrogen and oxygen atoms in total. The first kappa shape index (κ1) is 9.78. The van der Waals surface area contributed by atoms with Crippen LogP contribution in [0.5, 0.6) is 0 Å². The highest BCUT2D eigenvalue weighted by atomic mass is 79.9. The summed E-state index contributed by atoms with van der Waals surface area (Å²) >= 11 is 3.24. The maximum Gasteiger partial charge on any atom is 0.356 e. The average molecular weight is 269 g/mol. The van der Waals surface area contributed by atoms with Crippen LogP contribution in [0.15, 0.2) is 29.0 Å². The Morgan fingerprint density at radius 2 is 2.20 bits per heavy atom. The smallest absolute Gasteiger partial charge is 0.356 e. The maximum absolute atomic E-state index is 10.5. The lowest BCUT2D eigenvalue weighted by Gasteiger charge is -1.98. The fourth-order valence-corrected chi connectivity index (χ4v) is 1.27. The zero-order valence-corrected chi connectivity index (χ0v) is 8.92. The topological polar surface area (TPSA) is 80.9 Å². The molecule has 7 heteroatoms. The molecular formula is C8H5BrN4O2. The van der Waals surface area contributed by atoms with Crippen molar-refractivity contribution in [2.24, 2.45) is 0 Å². The Balaban J connectivity index is 2.35. The van der Waals surface area contributed by atoms with Gasteiger partial charge in [0.05, 0.1) is 10.7 Å². The first-order valence-electron chi connectivity index (χ1n) is 3.94. The van der Waals surface area contributed by atoms with E-state index in [1.165, 1.54) is 16.8 Å². The number of carboxylic acid groups (broad SMARTS) is 1. The molecule has 76 valence electrons. The van der Waals surface area contributed by atoms with E-state index in [1.807, 2.05) is 0 Å². The first-order chi connectivity index (χ1) is 7.16. The van der Waals surface area contributed by atoms with Crippen LogP contribution in [-0.2, 0) is 0 Å². The van der Waals surface area contributed by atoms with Crippen LogP contribution < -0.4 is 0 Å². The fraction of sp³-hybridized carbons (Fsp3) is 0. The fourth-order valence-electron chi connectivity index (χ4n) is 0.988. The van der Waals surface area contributed by atoms with Gasteiger partial charge in [0, 0.05) is 6.20 Å². The molecule has 2 rings (SSSR count). The molecule has 0 spiro atoms. The highest BCUT2D eigenvalue weighted by Gasteiger charge is 2.06. The highest BCUT2D eigenvalue weighted by molar-refractivity contribution is 9.10. The number of carboxylic acids is 1.